The summed E-state index contributed by atoms with van der Waals surface area (Å²) in [5.74, 6) is -0.323. The first-order valence-corrected chi connectivity index (χ1v) is 11.3. The van der Waals surface area contributed by atoms with Crippen LogP contribution in [-0.4, -0.2) is 22.3 Å². The van der Waals surface area contributed by atoms with Crippen LogP contribution in [0.15, 0.2) is 48.6 Å². The number of carboxylic acid groups (broad SMARTS) is 1. The van der Waals surface area contributed by atoms with Crippen molar-refractivity contribution in [3.63, 3.8) is 0 Å². The van der Waals surface area contributed by atoms with Gasteiger partial charge in [-0.1, -0.05) is 74.4 Å². The van der Waals surface area contributed by atoms with E-state index in [0.29, 0.717) is 12.3 Å². The quantitative estimate of drug-likeness (QED) is 0.215. The molecule has 166 valence electrons. The first kappa shape index (κ1) is 24.4. The van der Waals surface area contributed by atoms with Crippen molar-refractivity contribution in [3.8, 4) is 0 Å². The van der Waals surface area contributed by atoms with Crippen molar-refractivity contribution in [2.45, 2.75) is 89.8 Å². The number of hydrogen-bond acceptors (Lipinski definition) is 3. The zero-order valence-corrected chi connectivity index (χ0v) is 18.8. The maximum atomic E-state index is 11.0. The molecule has 1 fully saturated rings. The lowest BCUT2D eigenvalue weighted by molar-refractivity contribution is -0.346. The second kappa shape index (κ2) is 12.1. The first-order chi connectivity index (χ1) is 14.3. The highest BCUT2D eigenvalue weighted by atomic mass is 17.2. The Bertz CT molecular complexity index is 696. The summed E-state index contributed by atoms with van der Waals surface area (Å²) < 4.78 is 0. The highest BCUT2D eigenvalue weighted by molar-refractivity contribution is 5.68. The molecule has 3 atom stereocenters. The number of allylic oxidation sites excluding steroid dienone is 3. The van der Waals surface area contributed by atoms with E-state index in [0.717, 1.165) is 32.1 Å². The highest BCUT2D eigenvalue weighted by Gasteiger charge is 2.47. The van der Waals surface area contributed by atoms with Crippen LogP contribution >= 0.6 is 0 Å². The molecule has 0 spiro atoms. The van der Waals surface area contributed by atoms with Crippen LogP contribution < -0.4 is 0 Å². The molecule has 0 aliphatic carbocycles. The molecule has 0 amide bonds. The zero-order valence-electron chi connectivity index (χ0n) is 18.8. The fourth-order valence-corrected chi connectivity index (χ4v) is 4.38. The van der Waals surface area contributed by atoms with Gasteiger partial charge in [-0.3, -0.25) is 4.79 Å². The molecule has 1 N–H and O–H groups in total. The summed E-state index contributed by atoms with van der Waals surface area (Å²) in [5, 5.41) is 9.04. The molecule has 1 saturated heterocycles. The fraction of sp³-hybridized carbons (Fsp3) is 0.577. The standard InChI is InChI=1S/C26H38O4/c1-22(19-25(2)21-26(3,30-29-25)20-24(27)28)15-11-8-6-4-5-7-9-12-16-23-17-13-10-14-18-23/h4-5,10,12-14,16-18,22H,6-9,11,15,19-21H2,1-3H3,(H,27,28)/b5-4+,16-12+/t22?,25-,26-/m1/s1. The smallest absolute Gasteiger partial charge is 0.306 e. The Morgan fingerprint density at radius 3 is 2.43 bits per heavy atom. The van der Waals surface area contributed by atoms with E-state index in [1.165, 1.54) is 18.4 Å². The normalized spacial score (nSPS) is 25.3. The molecule has 0 saturated carbocycles. The number of carboxylic acids is 1. The van der Waals surface area contributed by atoms with Gasteiger partial charge >= 0.3 is 5.97 Å². The SMILES string of the molecule is CC(CCCC/C=C/CC/C=C/c1ccccc1)C[C@]1(C)C[C@@](C)(CC(=O)O)OO1. The Balaban J connectivity index is 1.53. The van der Waals surface area contributed by atoms with E-state index in [1.54, 1.807) is 0 Å². The minimum Gasteiger partial charge on any atom is -0.481 e. The van der Waals surface area contributed by atoms with Crippen LogP contribution in [0.5, 0.6) is 0 Å². The van der Waals surface area contributed by atoms with Gasteiger partial charge in [0.2, 0.25) is 0 Å². The van der Waals surface area contributed by atoms with Crippen molar-refractivity contribution in [1.82, 2.24) is 0 Å². The molecule has 1 unspecified atom stereocenters. The molecule has 2 rings (SSSR count). The highest BCUT2D eigenvalue weighted by Crippen LogP contribution is 2.42. The van der Waals surface area contributed by atoms with Crippen molar-refractivity contribution in [3.05, 3.63) is 54.1 Å². The van der Waals surface area contributed by atoms with E-state index in [1.807, 2.05) is 19.9 Å². The summed E-state index contributed by atoms with van der Waals surface area (Å²) in [4.78, 5) is 22.0. The third-order valence-corrected chi connectivity index (χ3v) is 5.59. The molecular formula is C26H38O4. The second-order valence-electron chi connectivity index (χ2n) is 9.27. The average Bonchev–Trinajstić information content (AvgIpc) is 2.97. The summed E-state index contributed by atoms with van der Waals surface area (Å²) >= 11 is 0. The molecule has 0 aromatic heterocycles. The molecule has 0 radical (unpaired) electrons. The first-order valence-electron chi connectivity index (χ1n) is 11.3. The van der Waals surface area contributed by atoms with Gasteiger partial charge in [-0.05, 0) is 57.4 Å². The van der Waals surface area contributed by atoms with Crippen LogP contribution in [-0.2, 0) is 14.6 Å². The van der Waals surface area contributed by atoms with Crippen LogP contribution in [0.1, 0.15) is 84.1 Å². The lowest BCUT2D eigenvalue weighted by Gasteiger charge is -2.25. The predicted octanol–water partition coefficient (Wildman–Crippen LogP) is 6.97. The Morgan fingerprint density at radius 2 is 1.70 bits per heavy atom. The van der Waals surface area contributed by atoms with Crippen LogP contribution in [0.4, 0.5) is 0 Å². The molecule has 1 aromatic carbocycles. The number of benzene rings is 1. The van der Waals surface area contributed by atoms with Crippen molar-refractivity contribution in [2.75, 3.05) is 0 Å². The van der Waals surface area contributed by atoms with Gasteiger partial charge in [0.25, 0.3) is 0 Å². The fourth-order valence-electron chi connectivity index (χ4n) is 4.38. The van der Waals surface area contributed by atoms with Gasteiger partial charge < -0.3 is 5.11 Å². The van der Waals surface area contributed by atoms with E-state index >= 15 is 0 Å². The summed E-state index contributed by atoms with van der Waals surface area (Å²) in [7, 11) is 0. The molecule has 0 bridgehead atoms. The van der Waals surface area contributed by atoms with Gasteiger partial charge in [0.05, 0.1) is 6.42 Å². The van der Waals surface area contributed by atoms with Gasteiger partial charge in [0, 0.05) is 6.42 Å². The Labute approximate surface area is 181 Å². The number of aliphatic carboxylic acids is 1. The molecule has 30 heavy (non-hydrogen) atoms. The summed E-state index contributed by atoms with van der Waals surface area (Å²) in [6.07, 6.45) is 17.3. The largest absolute Gasteiger partial charge is 0.481 e. The molecule has 1 aliphatic rings. The Hall–Kier alpha value is -1.91. The van der Waals surface area contributed by atoms with Gasteiger partial charge in [-0.15, -0.1) is 0 Å². The van der Waals surface area contributed by atoms with Crippen LogP contribution in [0.3, 0.4) is 0 Å². The monoisotopic (exact) mass is 414 g/mol. The number of carbonyl (C=O) groups is 1. The molecular weight excluding hydrogens is 376 g/mol. The maximum Gasteiger partial charge on any atom is 0.306 e. The van der Waals surface area contributed by atoms with E-state index < -0.39 is 17.2 Å². The average molecular weight is 415 g/mol. The predicted molar refractivity (Wildman–Crippen MR) is 122 cm³/mol. The molecule has 1 aliphatic heterocycles. The zero-order chi connectivity index (χ0) is 21.9. The number of hydrogen-bond donors (Lipinski definition) is 1. The van der Waals surface area contributed by atoms with Gasteiger partial charge in [0.1, 0.15) is 11.2 Å². The van der Waals surface area contributed by atoms with Crippen molar-refractivity contribution in [1.29, 1.82) is 0 Å². The summed E-state index contributed by atoms with van der Waals surface area (Å²) in [6.45, 7) is 6.10. The van der Waals surface area contributed by atoms with E-state index in [9.17, 15) is 4.79 Å². The lowest BCUT2D eigenvalue weighted by Crippen LogP contribution is -2.31. The Kier molecular flexibility index (Phi) is 9.80. The number of rotatable bonds is 13. The topological polar surface area (TPSA) is 55.8 Å². The van der Waals surface area contributed by atoms with Crippen molar-refractivity contribution >= 4 is 12.0 Å². The van der Waals surface area contributed by atoms with E-state index in [4.69, 9.17) is 14.9 Å². The van der Waals surface area contributed by atoms with Crippen molar-refractivity contribution < 1.29 is 19.7 Å². The third-order valence-electron chi connectivity index (χ3n) is 5.59. The lowest BCUT2D eigenvalue weighted by atomic mass is 9.81. The van der Waals surface area contributed by atoms with Gasteiger partial charge in [0.15, 0.2) is 0 Å². The molecule has 1 aromatic rings. The van der Waals surface area contributed by atoms with Gasteiger partial charge in [-0.2, -0.15) is 0 Å². The van der Waals surface area contributed by atoms with E-state index in [-0.39, 0.29) is 6.42 Å². The maximum absolute atomic E-state index is 11.0. The molecule has 4 heteroatoms. The second-order valence-corrected chi connectivity index (χ2v) is 9.27. The third kappa shape index (κ3) is 9.27. The molecule has 1 heterocycles. The minimum absolute atomic E-state index is 0.0225. The van der Waals surface area contributed by atoms with E-state index in [2.05, 4.69) is 55.5 Å². The number of unbranched alkanes of at least 4 members (excludes halogenated alkanes) is 3. The summed E-state index contributed by atoms with van der Waals surface area (Å²) in [5.41, 5.74) is 0.142. The van der Waals surface area contributed by atoms with Crippen LogP contribution in [0.25, 0.3) is 6.08 Å². The Morgan fingerprint density at radius 1 is 1.03 bits per heavy atom. The molecule has 4 nitrogen and oxygen atoms in total. The summed E-state index contributed by atoms with van der Waals surface area (Å²) in [6, 6.07) is 10.4. The minimum atomic E-state index is -0.848. The van der Waals surface area contributed by atoms with Crippen LogP contribution in [0, 0.1) is 5.92 Å². The van der Waals surface area contributed by atoms with Crippen molar-refractivity contribution in [2.24, 2.45) is 5.92 Å². The van der Waals surface area contributed by atoms with Crippen LogP contribution in [0.2, 0.25) is 0 Å². The van der Waals surface area contributed by atoms with Gasteiger partial charge in [-0.25, -0.2) is 9.78 Å².